The lowest BCUT2D eigenvalue weighted by Gasteiger charge is -2.39. The number of hydrogen-bond acceptors (Lipinski definition) is 2. The van der Waals surface area contributed by atoms with E-state index in [0.29, 0.717) is 6.04 Å². The summed E-state index contributed by atoms with van der Waals surface area (Å²) in [5.74, 6) is 0. The zero-order valence-electron chi connectivity index (χ0n) is 12.9. The molecule has 0 spiro atoms. The van der Waals surface area contributed by atoms with Crippen molar-refractivity contribution in [3.63, 3.8) is 0 Å². The Kier molecular flexibility index (Phi) is 4.87. The topological polar surface area (TPSA) is 6.48 Å². The molecule has 1 aliphatic heterocycles. The van der Waals surface area contributed by atoms with Gasteiger partial charge in [-0.15, -0.1) is 0 Å². The highest BCUT2D eigenvalue weighted by Gasteiger charge is 2.21. The fourth-order valence-electron chi connectivity index (χ4n) is 2.99. The molecule has 0 unspecified atom stereocenters. The van der Waals surface area contributed by atoms with E-state index in [0.717, 1.165) is 12.8 Å². The van der Waals surface area contributed by atoms with E-state index >= 15 is 0 Å². The summed E-state index contributed by atoms with van der Waals surface area (Å²) in [7, 11) is 0. The van der Waals surface area contributed by atoms with E-state index in [1.54, 1.807) is 0 Å². The van der Waals surface area contributed by atoms with Crippen molar-refractivity contribution in [2.75, 3.05) is 26.2 Å². The summed E-state index contributed by atoms with van der Waals surface area (Å²) >= 11 is 0. The second-order valence-electron chi connectivity index (χ2n) is 5.91. The number of allylic oxidation sites excluding steroid dienone is 5. The van der Waals surface area contributed by atoms with Crippen molar-refractivity contribution in [1.29, 1.82) is 0 Å². The number of piperazine rings is 1. The standard InChI is InChI=1S/C17H28N2/c1-5-16-13-15(4)7-6-8-17(16)19-11-9-18(10-12-19)14(2)3/h7-8,13-14H,5-6,9-12H2,1-4H3. The molecule has 0 N–H and O–H groups in total. The van der Waals surface area contributed by atoms with Crippen molar-refractivity contribution in [2.45, 2.75) is 46.6 Å². The van der Waals surface area contributed by atoms with Crippen LogP contribution < -0.4 is 0 Å². The summed E-state index contributed by atoms with van der Waals surface area (Å²) < 4.78 is 0. The summed E-state index contributed by atoms with van der Waals surface area (Å²) in [4.78, 5) is 5.16. The Morgan fingerprint density at radius 1 is 1.11 bits per heavy atom. The summed E-state index contributed by atoms with van der Waals surface area (Å²) in [5.41, 5.74) is 4.40. The van der Waals surface area contributed by atoms with E-state index in [4.69, 9.17) is 0 Å². The van der Waals surface area contributed by atoms with Gasteiger partial charge in [0.05, 0.1) is 0 Å². The van der Waals surface area contributed by atoms with E-state index in [2.05, 4.69) is 55.7 Å². The van der Waals surface area contributed by atoms with Crippen LogP contribution in [-0.4, -0.2) is 42.0 Å². The maximum Gasteiger partial charge on any atom is 0.0362 e. The maximum atomic E-state index is 2.58. The molecule has 106 valence electrons. The monoisotopic (exact) mass is 260 g/mol. The van der Waals surface area contributed by atoms with Crippen LogP contribution >= 0.6 is 0 Å². The minimum Gasteiger partial charge on any atom is -0.369 e. The third kappa shape index (κ3) is 3.50. The number of nitrogens with zero attached hydrogens (tertiary/aromatic N) is 2. The molecule has 0 amide bonds. The average Bonchev–Trinajstić information content (AvgIpc) is 2.60. The van der Waals surface area contributed by atoms with Gasteiger partial charge in [0.2, 0.25) is 0 Å². The molecule has 1 aliphatic carbocycles. The second kappa shape index (κ2) is 6.42. The van der Waals surface area contributed by atoms with Crippen LogP contribution in [0.4, 0.5) is 0 Å². The van der Waals surface area contributed by atoms with Crippen LogP contribution in [0.2, 0.25) is 0 Å². The Bertz CT molecular complexity index is 393. The van der Waals surface area contributed by atoms with Crippen LogP contribution in [0.5, 0.6) is 0 Å². The first-order valence-electron chi connectivity index (χ1n) is 7.68. The number of rotatable bonds is 3. The molecule has 0 atom stereocenters. The maximum absolute atomic E-state index is 2.58. The van der Waals surface area contributed by atoms with Crippen LogP contribution in [0.1, 0.15) is 40.5 Å². The molecule has 2 rings (SSSR count). The molecule has 19 heavy (non-hydrogen) atoms. The van der Waals surface area contributed by atoms with Crippen molar-refractivity contribution < 1.29 is 0 Å². The van der Waals surface area contributed by atoms with Gasteiger partial charge >= 0.3 is 0 Å². The van der Waals surface area contributed by atoms with Gasteiger partial charge in [-0.05, 0) is 39.2 Å². The minimum atomic E-state index is 0.676. The molecule has 2 nitrogen and oxygen atoms in total. The van der Waals surface area contributed by atoms with Crippen LogP contribution in [-0.2, 0) is 0 Å². The zero-order valence-corrected chi connectivity index (χ0v) is 12.9. The summed E-state index contributed by atoms with van der Waals surface area (Å²) in [5, 5.41) is 0. The number of hydrogen-bond donors (Lipinski definition) is 0. The highest BCUT2D eigenvalue weighted by molar-refractivity contribution is 5.39. The van der Waals surface area contributed by atoms with E-state index in [9.17, 15) is 0 Å². The van der Waals surface area contributed by atoms with Crippen molar-refractivity contribution in [3.8, 4) is 0 Å². The predicted molar refractivity (Wildman–Crippen MR) is 83.1 cm³/mol. The average molecular weight is 260 g/mol. The molecule has 0 radical (unpaired) electrons. The molecule has 0 aromatic rings. The third-order valence-corrected chi connectivity index (χ3v) is 4.25. The van der Waals surface area contributed by atoms with Gasteiger partial charge in [0.1, 0.15) is 0 Å². The Morgan fingerprint density at radius 2 is 1.79 bits per heavy atom. The second-order valence-corrected chi connectivity index (χ2v) is 5.91. The van der Waals surface area contributed by atoms with Crippen molar-refractivity contribution in [3.05, 3.63) is 35.1 Å². The molecular formula is C17H28N2. The smallest absolute Gasteiger partial charge is 0.0362 e. The quantitative estimate of drug-likeness (QED) is 0.765. The predicted octanol–water partition coefficient (Wildman–Crippen LogP) is 3.58. The molecule has 2 aliphatic rings. The van der Waals surface area contributed by atoms with Crippen molar-refractivity contribution in [1.82, 2.24) is 9.80 Å². The normalized spacial score (nSPS) is 21.9. The lowest BCUT2D eigenvalue weighted by molar-refractivity contribution is 0.131. The van der Waals surface area contributed by atoms with E-state index in [1.807, 2.05) is 0 Å². The van der Waals surface area contributed by atoms with Gasteiger partial charge in [0.15, 0.2) is 0 Å². The molecule has 0 saturated carbocycles. The van der Waals surface area contributed by atoms with Crippen LogP contribution in [0.25, 0.3) is 0 Å². The minimum absolute atomic E-state index is 0.676. The molecule has 2 heteroatoms. The molecule has 0 bridgehead atoms. The van der Waals surface area contributed by atoms with E-state index in [1.165, 1.54) is 43.0 Å². The highest BCUT2D eigenvalue weighted by Crippen LogP contribution is 2.25. The molecule has 0 aromatic heterocycles. The molecule has 1 heterocycles. The Morgan fingerprint density at radius 3 is 2.37 bits per heavy atom. The van der Waals surface area contributed by atoms with Gasteiger partial charge in [0.25, 0.3) is 0 Å². The third-order valence-electron chi connectivity index (χ3n) is 4.25. The van der Waals surface area contributed by atoms with Crippen molar-refractivity contribution >= 4 is 0 Å². The van der Waals surface area contributed by atoms with Gasteiger partial charge in [-0.25, -0.2) is 0 Å². The first kappa shape index (κ1) is 14.4. The largest absolute Gasteiger partial charge is 0.369 e. The van der Waals surface area contributed by atoms with Gasteiger partial charge in [0, 0.05) is 37.9 Å². The van der Waals surface area contributed by atoms with Crippen LogP contribution in [0.3, 0.4) is 0 Å². The van der Waals surface area contributed by atoms with Gasteiger partial charge in [-0.2, -0.15) is 0 Å². The van der Waals surface area contributed by atoms with Gasteiger partial charge in [-0.1, -0.05) is 30.7 Å². The Labute approximate surface area is 118 Å². The van der Waals surface area contributed by atoms with Crippen LogP contribution in [0, 0.1) is 0 Å². The first-order chi connectivity index (χ1) is 9.11. The summed E-state index contributed by atoms with van der Waals surface area (Å²) in [6, 6.07) is 0.676. The van der Waals surface area contributed by atoms with Gasteiger partial charge in [-0.3, -0.25) is 4.90 Å². The molecule has 0 aromatic carbocycles. The summed E-state index contributed by atoms with van der Waals surface area (Å²) in [6.45, 7) is 13.8. The fraction of sp³-hybridized carbons (Fsp3) is 0.647. The fourth-order valence-corrected chi connectivity index (χ4v) is 2.99. The van der Waals surface area contributed by atoms with E-state index in [-0.39, 0.29) is 0 Å². The molecule has 1 saturated heterocycles. The SMILES string of the molecule is CCC1=CC(C)=CCC=C1N1CCN(C(C)C)CC1. The van der Waals surface area contributed by atoms with E-state index < -0.39 is 0 Å². The zero-order chi connectivity index (χ0) is 13.8. The molecule has 1 fully saturated rings. The van der Waals surface area contributed by atoms with Gasteiger partial charge < -0.3 is 4.90 Å². The van der Waals surface area contributed by atoms with Crippen molar-refractivity contribution in [2.24, 2.45) is 0 Å². The lowest BCUT2D eigenvalue weighted by Crippen LogP contribution is -2.48. The Hall–Kier alpha value is -1.02. The Balaban J connectivity index is 2.06. The van der Waals surface area contributed by atoms with Crippen LogP contribution in [0.15, 0.2) is 35.1 Å². The lowest BCUT2D eigenvalue weighted by atomic mass is 10.1. The summed E-state index contributed by atoms with van der Waals surface area (Å²) in [6.07, 6.45) is 9.31. The molecular weight excluding hydrogens is 232 g/mol. The highest BCUT2D eigenvalue weighted by atomic mass is 15.3. The first-order valence-corrected chi connectivity index (χ1v) is 7.68.